The van der Waals surface area contributed by atoms with Crippen molar-refractivity contribution in [3.8, 4) is 5.69 Å². The van der Waals surface area contributed by atoms with Crippen LogP contribution in [0.4, 0.5) is 10.1 Å². The molecule has 0 spiro atoms. The maximum atomic E-state index is 13.7. The second-order valence-electron chi connectivity index (χ2n) is 6.08. The van der Waals surface area contributed by atoms with Crippen LogP contribution >= 0.6 is 23.4 Å². The number of amides is 1. The van der Waals surface area contributed by atoms with Crippen molar-refractivity contribution in [1.29, 1.82) is 0 Å². The number of hydrogen-bond acceptors (Lipinski definition) is 5. The van der Waals surface area contributed by atoms with E-state index in [1.54, 1.807) is 4.68 Å². The van der Waals surface area contributed by atoms with Crippen molar-refractivity contribution in [2.24, 2.45) is 0 Å². The van der Waals surface area contributed by atoms with Gasteiger partial charge in [0.05, 0.1) is 17.1 Å². The Morgan fingerprint density at radius 2 is 2.00 bits per heavy atom. The van der Waals surface area contributed by atoms with Crippen molar-refractivity contribution >= 4 is 35.0 Å². The summed E-state index contributed by atoms with van der Waals surface area (Å²) in [6, 6.07) is 11.9. The first-order chi connectivity index (χ1) is 12.9. The zero-order chi connectivity index (χ0) is 19.4. The van der Waals surface area contributed by atoms with Crippen LogP contribution in [0, 0.1) is 5.82 Å². The lowest BCUT2D eigenvalue weighted by atomic mass is 10.0. The zero-order valence-corrected chi connectivity index (χ0v) is 16.3. The average molecular weight is 406 g/mol. The second-order valence-corrected chi connectivity index (χ2v) is 7.46. The first-order valence-electron chi connectivity index (χ1n) is 8.20. The molecule has 6 nitrogen and oxygen atoms in total. The topological polar surface area (TPSA) is 72.7 Å². The van der Waals surface area contributed by atoms with Gasteiger partial charge in [0, 0.05) is 5.02 Å². The Morgan fingerprint density at radius 3 is 2.70 bits per heavy atom. The van der Waals surface area contributed by atoms with Crippen LogP contribution in [0.15, 0.2) is 47.6 Å². The van der Waals surface area contributed by atoms with Crippen molar-refractivity contribution in [3.63, 3.8) is 0 Å². The molecule has 1 amide bonds. The highest BCUT2D eigenvalue weighted by molar-refractivity contribution is 7.99. The smallest absolute Gasteiger partial charge is 0.234 e. The molecule has 0 unspecified atom stereocenters. The summed E-state index contributed by atoms with van der Waals surface area (Å²) in [4.78, 5) is 12.1. The van der Waals surface area contributed by atoms with E-state index in [1.165, 1.54) is 23.8 Å². The standard InChI is InChI=1S/C18H17ClFN5OS/c1-11(2)12-3-6-14(7-4-12)25-18(22-23-24-25)27-10-17(26)21-16-9-13(19)5-8-15(16)20/h3-9,11H,10H2,1-2H3,(H,21,26). The minimum atomic E-state index is -0.548. The minimum absolute atomic E-state index is 0.0242. The summed E-state index contributed by atoms with van der Waals surface area (Å²) in [7, 11) is 0. The molecule has 1 N–H and O–H groups in total. The predicted molar refractivity (Wildman–Crippen MR) is 104 cm³/mol. The molecule has 140 valence electrons. The number of rotatable bonds is 6. The largest absolute Gasteiger partial charge is 0.323 e. The predicted octanol–water partition coefficient (Wildman–Crippen LogP) is 4.31. The van der Waals surface area contributed by atoms with Gasteiger partial charge in [-0.3, -0.25) is 4.79 Å². The third kappa shape index (κ3) is 4.84. The quantitative estimate of drug-likeness (QED) is 0.618. The van der Waals surface area contributed by atoms with E-state index in [0.29, 0.717) is 16.1 Å². The van der Waals surface area contributed by atoms with Gasteiger partial charge >= 0.3 is 0 Å². The van der Waals surface area contributed by atoms with E-state index < -0.39 is 5.82 Å². The Morgan fingerprint density at radius 1 is 1.26 bits per heavy atom. The van der Waals surface area contributed by atoms with Gasteiger partial charge in [-0.05, 0) is 52.2 Å². The monoisotopic (exact) mass is 405 g/mol. The Kier molecular flexibility index (Phi) is 6.08. The fraction of sp³-hybridized carbons (Fsp3) is 0.222. The molecule has 0 fully saturated rings. The van der Waals surface area contributed by atoms with Crippen LogP contribution in [-0.2, 0) is 4.79 Å². The molecular formula is C18H17ClFN5OS. The van der Waals surface area contributed by atoms with Crippen LogP contribution in [-0.4, -0.2) is 31.9 Å². The summed E-state index contributed by atoms with van der Waals surface area (Å²) in [5.41, 5.74) is 2.05. The number of thioether (sulfide) groups is 1. The first-order valence-corrected chi connectivity index (χ1v) is 9.57. The van der Waals surface area contributed by atoms with Crippen LogP contribution in [0.5, 0.6) is 0 Å². The number of hydrogen-bond donors (Lipinski definition) is 1. The van der Waals surface area contributed by atoms with Gasteiger partial charge in [0.25, 0.3) is 0 Å². The number of carbonyl (C=O) groups excluding carboxylic acids is 1. The highest BCUT2D eigenvalue weighted by Crippen LogP contribution is 2.22. The Hall–Kier alpha value is -2.45. The molecule has 27 heavy (non-hydrogen) atoms. The number of anilines is 1. The lowest BCUT2D eigenvalue weighted by Crippen LogP contribution is -2.15. The van der Waals surface area contributed by atoms with Crippen LogP contribution in [0.3, 0.4) is 0 Å². The van der Waals surface area contributed by atoms with Crippen molar-refractivity contribution in [2.75, 3.05) is 11.1 Å². The molecule has 0 radical (unpaired) electrons. The Labute approximate surface area is 165 Å². The third-order valence-corrected chi connectivity index (χ3v) is 4.93. The number of tetrazole rings is 1. The van der Waals surface area contributed by atoms with E-state index in [0.717, 1.165) is 17.4 Å². The van der Waals surface area contributed by atoms with E-state index in [9.17, 15) is 9.18 Å². The summed E-state index contributed by atoms with van der Waals surface area (Å²) in [5, 5.41) is 14.9. The lowest BCUT2D eigenvalue weighted by molar-refractivity contribution is -0.113. The van der Waals surface area contributed by atoms with Crippen molar-refractivity contribution in [1.82, 2.24) is 20.2 Å². The van der Waals surface area contributed by atoms with Gasteiger partial charge in [-0.1, -0.05) is 49.3 Å². The van der Waals surface area contributed by atoms with E-state index in [4.69, 9.17) is 11.6 Å². The van der Waals surface area contributed by atoms with Crippen molar-refractivity contribution < 1.29 is 9.18 Å². The van der Waals surface area contributed by atoms with E-state index in [1.807, 2.05) is 24.3 Å². The first kappa shape index (κ1) is 19.3. The van der Waals surface area contributed by atoms with Gasteiger partial charge in [-0.2, -0.15) is 4.68 Å². The molecule has 1 aromatic heterocycles. The number of benzene rings is 2. The normalized spacial score (nSPS) is 11.0. The highest BCUT2D eigenvalue weighted by atomic mass is 35.5. The van der Waals surface area contributed by atoms with E-state index in [2.05, 4.69) is 34.7 Å². The maximum Gasteiger partial charge on any atom is 0.234 e. The molecule has 0 atom stereocenters. The fourth-order valence-electron chi connectivity index (χ4n) is 2.34. The maximum absolute atomic E-state index is 13.7. The van der Waals surface area contributed by atoms with Gasteiger partial charge in [0.15, 0.2) is 0 Å². The molecule has 0 bridgehead atoms. The molecule has 3 aromatic rings. The Balaban J connectivity index is 1.66. The van der Waals surface area contributed by atoms with Crippen molar-refractivity contribution in [3.05, 3.63) is 58.9 Å². The molecule has 2 aromatic carbocycles. The molecule has 3 rings (SSSR count). The van der Waals surface area contributed by atoms with Gasteiger partial charge in [0.1, 0.15) is 5.82 Å². The molecule has 0 aliphatic rings. The second kappa shape index (κ2) is 8.49. The van der Waals surface area contributed by atoms with Gasteiger partial charge in [-0.15, -0.1) is 5.10 Å². The molecule has 0 saturated heterocycles. The van der Waals surface area contributed by atoms with Gasteiger partial charge in [0.2, 0.25) is 11.1 Å². The minimum Gasteiger partial charge on any atom is -0.323 e. The molecule has 0 saturated carbocycles. The average Bonchev–Trinajstić information content (AvgIpc) is 3.12. The number of aromatic nitrogens is 4. The number of nitrogens with zero attached hydrogens (tertiary/aromatic N) is 4. The van der Waals surface area contributed by atoms with Crippen LogP contribution in [0.2, 0.25) is 5.02 Å². The number of halogens is 2. The third-order valence-electron chi connectivity index (χ3n) is 3.78. The van der Waals surface area contributed by atoms with Gasteiger partial charge in [-0.25, -0.2) is 4.39 Å². The summed E-state index contributed by atoms with van der Waals surface area (Å²) >= 11 is 6.98. The van der Waals surface area contributed by atoms with Gasteiger partial charge < -0.3 is 5.32 Å². The number of nitrogens with one attached hydrogen (secondary N) is 1. The van der Waals surface area contributed by atoms with Crippen LogP contribution < -0.4 is 5.32 Å². The van der Waals surface area contributed by atoms with E-state index >= 15 is 0 Å². The number of carbonyl (C=O) groups is 1. The lowest BCUT2D eigenvalue weighted by Gasteiger charge is -2.08. The van der Waals surface area contributed by atoms with Crippen LogP contribution in [0.1, 0.15) is 25.3 Å². The molecular weight excluding hydrogens is 389 g/mol. The van der Waals surface area contributed by atoms with Crippen molar-refractivity contribution in [2.45, 2.75) is 24.9 Å². The summed E-state index contributed by atoms with van der Waals surface area (Å²) in [6.45, 7) is 4.24. The SMILES string of the molecule is CC(C)c1ccc(-n2nnnc2SCC(=O)Nc2cc(Cl)ccc2F)cc1. The highest BCUT2D eigenvalue weighted by Gasteiger charge is 2.13. The molecule has 0 aliphatic carbocycles. The molecule has 1 heterocycles. The zero-order valence-electron chi connectivity index (χ0n) is 14.7. The summed E-state index contributed by atoms with van der Waals surface area (Å²) in [5.74, 6) is -0.479. The van der Waals surface area contributed by atoms with Crippen LogP contribution in [0.25, 0.3) is 5.69 Å². The van der Waals surface area contributed by atoms with E-state index in [-0.39, 0.29) is 17.3 Å². The summed E-state index contributed by atoms with van der Waals surface area (Å²) < 4.78 is 15.3. The molecule has 0 aliphatic heterocycles. The fourth-order valence-corrected chi connectivity index (χ4v) is 3.20. The summed E-state index contributed by atoms with van der Waals surface area (Å²) in [6.07, 6.45) is 0. The molecule has 9 heteroatoms. The Bertz CT molecular complexity index is 945.